The fraction of sp³-hybridized carbons (Fsp3) is 0.429. The molecule has 1 aromatic rings. The van der Waals surface area contributed by atoms with Gasteiger partial charge >= 0.3 is 0 Å². The molecule has 2 N–H and O–H groups in total. The van der Waals surface area contributed by atoms with E-state index >= 15 is 0 Å². The average Bonchev–Trinajstić information content (AvgIpc) is 2.38. The first-order valence-corrected chi connectivity index (χ1v) is 6.05. The summed E-state index contributed by atoms with van der Waals surface area (Å²) in [6.45, 7) is 9.89. The van der Waals surface area contributed by atoms with Crippen LogP contribution in [-0.2, 0) is 6.54 Å². The van der Waals surface area contributed by atoms with E-state index in [0.29, 0.717) is 13.2 Å². The van der Waals surface area contributed by atoms with Crippen molar-refractivity contribution in [2.24, 2.45) is 5.73 Å². The molecule has 1 aromatic carbocycles. The van der Waals surface area contributed by atoms with Crippen molar-refractivity contribution in [2.75, 3.05) is 26.2 Å². The summed E-state index contributed by atoms with van der Waals surface area (Å²) in [6.07, 6.45) is 1.91. The van der Waals surface area contributed by atoms with E-state index in [-0.39, 0.29) is 0 Å². The average molecular weight is 234 g/mol. The van der Waals surface area contributed by atoms with Gasteiger partial charge in [-0.15, -0.1) is 6.58 Å². The first-order valence-electron chi connectivity index (χ1n) is 6.05. The van der Waals surface area contributed by atoms with Crippen LogP contribution in [0.15, 0.2) is 36.9 Å². The van der Waals surface area contributed by atoms with Crippen LogP contribution in [0.5, 0.6) is 5.75 Å². The molecule has 0 saturated carbocycles. The summed E-state index contributed by atoms with van der Waals surface area (Å²) in [5.41, 5.74) is 6.71. The Morgan fingerprint density at radius 1 is 1.41 bits per heavy atom. The number of rotatable bonds is 8. The highest BCUT2D eigenvalue weighted by Gasteiger charge is 2.03. The fourth-order valence-electron chi connectivity index (χ4n) is 1.66. The van der Waals surface area contributed by atoms with Crippen molar-refractivity contribution in [3.05, 3.63) is 42.5 Å². The highest BCUT2D eigenvalue weighted by atomic mass is 16.5. The van der Waals surface area contributed by atoms with Crippen LogP contribution in [0.3, 0.4) is 0 Å². The van der Waals surface area contributed by atoms with Gasteiger partial charge in [-0.2, -0.15) is 0 Å². The topological polar surface area (TPSA) is 38.5 Å². The molecule has 0 amide bonds. The molecule has 0 spiro atoms. The third kappa shape index (κ3) is 4.59. The summed E-state index contributed by atoms with van der Waals surface area (Å²) in [5, 5.41) is 0. The summed E-state index contributed by atoms with van der Waals surface area (Å²) in [4.78, 5) is 2.28. The summed E-state index contributed by atoms with van der Waals surface area (Å²) >= 11 is 0. The van der Waals surface area contributed by atoms with Crippen molar-refractivity contribution in [1.29, 1.82) is 0 Å². The first-order chi connectivity index (χ1) is 8.31. The van der Waals surface area contributed by atoms with Crippen molar-refractivity contribution in [1.82, 2.24) is 4.90 Å². The number of para-hydroxylation sites is 1. The molecule has 0 aliphatic heterocycles. The lowest BCUT2D eigenvalue weighted by Gasteiger charge is -2.19. The van der Waals surface area contributed by atoms with Crippen LogP contribution in [0, 0.1) is 0 Å². The Morgan fingerprint density at radius 3 is 2.82 bits per heavy atom. The second-order valence-electron chi connectivity index (χ2n) is 3.84. The van der Waals surface area contributed by atoms with E-state index in [4.69, 9.17) is 10.5 Å². The van der Waals surface area contributed by atoms with Gasteiger partial charge in [0.1, 0.15) is 12.4 Å². The predicted molar refractivity (Wildman–Crippen MR) is 72.1 cm³/mol. The SMILES string of the molecule is C=CCN(CC)CCOc1ccccc1CN. The van der Waals surface area contributed by atoms with Crippen molar-refractivity contribution >= 4 is 0 Å². The maximum atomic E-state index is 5.75. The Kier molecular flexibility index (Phi) is 6.37. The highest BCUT2D eigenvalue weighted by molar-refractivity contribution is 5.32. The Morgan fingerprint density at radius 2 is 2.18 bits per heavy atom. The Hall–Kier alpha value is -1.32. The summed E-state index contributed by atoms with van der Waals surface area (Å²) < 4.78 is 5.75. The smallest absolute Gasteiger partial charge is 0.123 e. The number of hydrogen-bond donors (Lipinski definition) is 1. The van der Waals surface area contributed by atoms with E-state index < -0.39 is 0 Å². The first kappa shape index (κ1) is 13.7. The van der Waals surface area contributed by atoms with Crippen molar-refractivity contribution < 1.29 is 4.74 Å². The van der Waals surface area contributed by atoms with E-state index in [0.717, 1.165) is 30.9 Å². The molecule has 0 aliphatic carbocycles. The van der Waals surface area contributed by atoms with Crippen LogP contribution in [0.2, 0.25) is 0 Å². The number of hydrogen-bond acceptors (Lipinski definition) is 3. The second-order valence-corrected chi connectivity index (χ2v) is 3.84. The number of benzene rings is 1. The van der Waals surface area contributed by atoms with Crippen LogP contribution in [0.4, 0.5) is 0 Å². The largest absolute Gasteiger partial charge is 0.492 e. The lowest BCUT2D eigenvalue weighted by molar-refractivity contribution is 0.228. The molecule has 0 aliphatic rings. The minimum absolute atomic E-state index is 0.514. The van der Waals surface area contributed by atoms with Crippen molar-refractivity contribution in [3.8, 4) is 5.75 Å². The molecular formula is C14H22N2O. The van der Waals surface area contributed by atoms with Gasteiger partial charge in [0.15, 0.2) is 0 Å². The van der Waals surface area contributed by atoms with Crippen molar-refractivity contribution in [2.45, 2.75) is 13.5 Å². The molecule has 3 nitrogen and oxygen atoms in total. The van der Waals surface area contributed by atoms with Crippen molar-refractivity contribution in [3.63, 3.8) is 0 Å². The summed E-state index contributed by atoms with van der Waals surface area (Å²) in [6, 6.07) is 7.91. The lowest BCUT2D eigenvalue weighted by atomic mass is 10.2. The predicted octanol–water partition coefficient (Wildman–Crippen LogP) is 2.03. The van der Waals surface area contributed by atoms with Crippen LogP contribution < -0.4 is 10.5 Å². The minimum atomic E-state index is 0.514. The minimum Gasteiger partial charge on any atom is -0.492 e. The summed E-state index contributed by atoms with van der Waals surface area (Å²) in [5.74, 6) is 0.893. The van der Waals surface area contributed by atoms with Gasteiger partial charge in [-0.1, -0.05) is 31.2 Å². The van der Waals surface area contributed by atoms with Gasteiger partial charge in [-0.05, 0) is 12.6 Å². The fourth-order valence-corrected chi connectivity index (χ4v) is 1.66. The Labute approximate surface area is 104 Å². The van der Waals surface area contributed by atoms with Gasteiger partial charge in [0, 0.05) is 25.2 Å². The van der Waals surface area contributed by atoms with Gasteiger partial charge in [0.2, 0.25) is 0 Å². The normalized spacial score (nSPS) is 10.5. The van der Waals surface area contributed by atoms with E-state index in [1.54, 1.807) is 0 Å². The zero-order valence-electron chi connectivity index (χ0n) is 10.6. The number of nitrogens with zero attached hydrogens (tertiary/aromatic N) is 1. The van der Waals surface area contributed by atoms with E-state index in [9.17, 15) is 0 Å². The van der Waals surface area contributed by atoms with Crippen LogP contribution in [-0.4, -0.2) is 31.1 Å². The van der Waals surface area contributed by atoms with Gasteiger partial charge in [0.05, 0.1) is 0 Å². The highest BCUT2D eigenvalue weighted by Crippen LogP contribution is 2.16. The maximum Gasteiger partial charge on any atom is 0.123 e. The molecule has 0 heterocycles. The van der Waals surface area contributed by atoms with E-state index in [1.807, 2.05) is 30.3 Å². The third-order valence-electron chi connectivity index (χ3n) is 2.69. The zero-order chi connectivity index (χ0) is 12.5. The lowest BCUT2D eigenvalue weighted by Crippen LogP contribution is -2.28. The van der Waals surface area contributed by atoms with E-state index in [1.165, 1.54) is 0 Å². The van der Waals surface area contributed by atoms with Gasteiger partial charge in [0.25, 0.3) is 0 Å². The molecule has 94 valence electrons. The Balaban J connectivity index is 2.41. The summed E-state index contributed by atoms with van der Waals surface area (Å²) in [7, 11) is 0. The molecule has 17 heavy (non-hydrogen) atoms. The maximum absolute atomic E-state index is 5.75. The molecule has 3 heteroatoms. The monoisotopic (exact) mass is 234 g/mol. The molecule has 0 fully saturated rings. The number of ether oxygens (including phenoxy) is 1. The van der Waals surface area contributed by atoms with Crippen LogP contribution >= 0.6 is 0 Å². The van der Waals surface area contributed by atoms with Gasteiger partial charge in [-0.25, -0.2) is 0 Å². The number of nitrogens with two attached hydrogens (primary N) is 1. The molecule has 0 radical (unpaired) electrons. The molecule has 1 rings (SSSR count). The Bertz CT molecular complexity index is 339. The second kappa shape index (κ2) is 7.87. The molecular weight excluding hydrogens is 212 g/mol. The third-order valence-corrected chi connectivity index (χ3v) is 2.69. The quantitative estimate of drug-likeness (QED) is 0.699. The molecule has 0 saturated heterocycles. The van der Waals surface area contributed by atoms with Crippen LogP contribution in [0.25, 0.3) is 0 Å². The molecule has 0 unspecified atom stereocenters. The van der Waals surface area contributed by atoms with Crippen LogP contribution in [0.1, 0.15) is 12.5 Å². The zero-order valence-corrected chi connectivity index (χ0v) is 10.6. The standard InChI is InChI=1S/C14H22N2O/c1-3-9-16(4-2)10-11-17-14-8-6-5-7-13(14)12-15/h3,5-8H,1,4,9-12,15H2,2H3. The van der Waals surface area contributed by atoms with E-state index in [2.05, 4.69) is 18.4 Å². The van der Waals surface area contributed by atoms with Gasteiger partial charge < -0.3 is 10.5 Å². The molecule has 0 aromatic heterocycles. The molecule has 0 bridgehead atoms. The molecule has 0 atom stereocenters. The number of likely N-dealkylation sites (N-methyl/N-ethyl adjacent to an activating group) is 1. The van der Waals surface area contributed by atoms with Gasteiger partial charge in [-0.3, -0.25) is 4.90 Å².